The van der Waals surface area contributed by atoms with E-state index < -0.39 is 0 Å². The van der Waals surface area contributed by atoms with Gasteiger partial charge in [-0.25, -0.2) is 4.39 Å². The van der Waals surface area contributed by atoms with Gasteiger partial charge in [-0.15, -0.1) is 0 Å². The predicted octanol–water partition coefficient (Wildman–Crippen LogP) is 3.07. The van der Waals surface area contributed by atoms with Gasteiger partial charge >= 0.3 is 0 Å². The molecular formula is C8H5BrFN. The molecule has 1 N–H and O–H groups in total. The summed E-state index contributed by atoms with van der Waals surface area (Å²) in [6.07, 6.45) is 0. The van der Waals surface area contributed by atoms with Gasteiger partial charge in [-0.2, -0.15) is 0 Å². The van der Waals surface area contributed by atoms with Gasteiger partial charge in [0.15, 0.2) is 0 Å². The number of nitrogens with one attached hydrogen (secondary N) is 1. The molecule has 2 rings (SSSR count). The average Bonchev–Trinajstić information content (AvgIpc) is 2.27. The van der Waals surface area contributed by atoms with E-state index in [4.69, 9.17) is 0 Å². The van der Waals surface area contributed by atoms with Gasteiger partial charge < -0.3 is 4.98 Å². The molecule has 0 aliphatic rings. The second-order valence-corrected chi connectivity index (χ2v) is 3.20. The Morgan fingerprint density at radius 2 is 2.09 bits per heavy atom. The van der Waals surface area contributed by atoms with Gasteiger partial charge in [-0.1, -0.05) is 0 Å². The van der Waals surface area contributed by atoms with E-state index in [1.807, 2.05) is 6.07 Å². The minimum Gasteiger partial charge on any atom is -0.349 e. The van der Waals surface area contributed by atoms with E-state index in [-0.39, 0.29) is 5.82 Å². The number of rotatable bonds is 0. The van der Waals surface area contributed by atoms with Gasteiger partial charge in [0.1, 0.15) is 5.82 Å². The molecule has 0 aliphatic heterocycles. The molecule has 1 aromatic heterocycles. The summed E-state index contributed by atoms with van der Waals surface area (Å²) < 4.78 is 13.5. The standard InChI is InChI=1S/C8H5BrFN/c9-8-4-5-3-6(10)1-2-7(5)11-8/h1-4,11H. The van der Waals surface area contributed by atoms with Crippen LogP contribution in [0.15, 0.2) is 28.9 Å². The van der Waals surface area contributed by atoms with Gasteiger partial charge in [0.2, 0.25) is 0 Å². The highest BCUT2D eigenvalue weighted by Crippen LogP contribution is 2.19. The lowest BCUT2D eigenvalue weighted by Gasteiger charge is -1.87. The van der Waals surface area contributed by atoms with Gasteiger partial charge in [-0.3, -0.25) is 0 Å². The molecule has 11 heavy (non-hydrogen) atoms. The van der Waals surface area contributed by atoms with E-state index in [9.17, 15) is 4.39 Å². The molecule has 0 fully saturated rings. The molecule has 1 nitrogen and oxygen atoms in total. The minimum absolute atomic E-state index is 0.205. The lowest BCUT2D eigenvalue weighted by molar-refractivity contribution is 0.630. The molecule has 0 saturated carbocycles. The van der Waals surface area contributed by atoms with Crippen molar-refractivity contribution in [1.82, 2.24) is 4.98 Å². The SMILES string of the molecule is Fc1ccc2[nH]c(Br)cc2c1. The molecule has 1 heterocycles. The first-order valence-electron chi connectivity index (χ1n) is 3.19. The molecule has 0 atom stereocenters. The molecule has 2 aromatic rings. The number of halogens is 2. The van der Waals surface area contributed by atoms with Crippen molar-refractivity contribution in [2.75, 3.05) is 0 Å². The number of hydrogen-bond donors (Lipinski definition) is 1. The lowest BCUT2D eigenvalue weighted by Crippen LogP contribution is -1.70. The van der Waals surface area contributed by atoms with Crippen molar-refractivity contribution in [2.24, 2.45) is 0 Å². The fourth-order valence-corrected chi connectivity index (χ4v) is 1.53. The monoisotopic (exact) mass is 213 g/mol. The van der Waals surface area contributed by atoms with Crippen molar-refractivity contribution in [3.05, 3.63) is 34.7 Å². The number of H-pyrrole nitrogens is 1. The fourth-order valence-electron chi connectivity index (χ4n) is 1.07. The van der Waals surface area contributed by atoms with Crippen molar-refractivity contribution in [3.63, 3.8) is 0 Å². The molecule has 0 aliphatic carbocycles. The van der Waals surface area contributed by atoms with E-state index in [0.29, 0.717) is 0 Å². The van der Waals surface area contributed by atoms with Crippen molar-refractivity contribution >= 4 is 26.8 Å². The van der Waals surface area contributed by atoms with Crippen LogP contribution in [0.3, 0.4) is 0 Å². The van der Waals surface area contributed by atoms with Crippen LogP contribution in [-0.2, 0) is 0 Å². The molecule has 0 saturated heterocycles. The smallest absolute Gasteiger partial charge is 0.123 e. The second kappa shape index (κ2) is 2.34. The molecule has 3 heteroatoms. The summed E-state index contributed by atoms with van der Waals surface area (Å²) >= 11 is 3.27. The van der Waals surface area contributed by atoms with Crippen LogP contribution in [0.2, 0.25) is 0 Å². The maximum atomic E-state index is 12.6. The van der Waals surface area contributed by atoms with Crippen LogP contribution in [0.5, 0.6) is 0 Å². The van der Waals surface area contributed by atoms with Crippen LogP contribution in [0.1, 0.15) is 0 Å². The van der Waals surface area contributed by atoms with Crippen LogP contribution in [0, 0.1) is 5.82 Å². The third kappa shape index (κ3) is 1.16. The maximum Gasteiger partial charge on any atom is 0.123 e. The topological polar surface area (TPSA) is 15.8 Å². The molecule has 0 amide bonds. The van der Waals surface area contributed by atoms with Gasteiger partial charge in [-0.05, 0) is 40.2 Å². The third-order valence-corrected chi connectivity index (χ3v) is 1.98. The van der Waals surface area contributed by atoms with Gasteiger partial charge in [0.05, 0.1) is 4.60 Å². The summed E-state index contributed by atoms with van der Waals surface area (Å²) in [6.45, 7) is 0. The average molecular weight is 214 g/mol. The number of benzene rings is 1. The van der Waals surface area contributed by atoms with Crippen LogP contribution in [-0.4, -0.2) is 4.98 Å². The fraction of sp³-hybridized carbons (Fsp3) is 0. The molecule has 56 valence electrons. The Morgan fingerprint density at radius 3 is 2.91 bits per heavy atom. The largest absolute Gasteiger partial charge is 0.349 e. The van der Waals surface area contributed by atoms with Crippen LogP contribution < -0.4 is 0 Å². The summed E-state index contributed by atoms with van der Waals surface area (Å²) in [4.78, 5) is 3.04. The number of aromatic amines is 1. The Labute approximate surface area is 71.4 Å². The molecule has 0 bridgehead atoms. The lowest BCUT2D eigenvalue weighted by atomic mass is 10.2. The predicted molar refractivity (Wildman–Crippen MR) is 46.0 cm³/mol. The number of hydrogen-bond acceptors (Lipinski definition) is 0. The number of aromatic nitrogens is 1. The van der Waals surface area contributed by atoms with Crippen molar-refractivity contribution in [1.29, 1.82) is 0 Å². The quantitative estimate of drug-likeness (QED) is 0.693. The van der Waals surface area contributed by atoms with Gasteiger partial charge in [0.25, 0.3) is 0 Å². The first kappa shape index (κ1) is 6.85. The summed E-state index contributed by atoms with van der Waals surface area (Å²) in [6, 6.07) is 6.50. The Kier molecular flexibility index (Phi) is 1.46. The zero-order valence-corrected chi connectivity index (χ0v) is 7.15. The Morgan fingerprint density at radius 1 is 1.27 bits per heavy atom. The highest BCUT2D eigenvalue weighted by molar-refractivity contribution is 9.10. The van der Waals surface area contributed by atoms with E-state index in [2.05, 4.69) is 20.9 Å². The van der Waals surface area contributed by atoms with Crippen molar-refractivity contribution in [3.8, 4) is 0 Å². The zero-order chi connectivity index (χ0) is 7.84. The first-order chi connectivity index (χ1) is 5.25. The first-order valence-corrected chi connectivity index (χ1v) is 3.99. The molecular weight excluding hydrogens is 209 g/mol. The molecule has 0 spiro atoms. The van der Waals surface area contributed by atoms with E-state index >= 15 is 0 Å². The molecule has 1 aromatic carbocycles. The molecule has 0 unspecified atom stereocenters. The third-order valence-electron chi connectivity index (χ3n) is 1.55. The Balaban J connectivity index is 2.82. The van der Waals surface area contributed by atoms with Crippen LogP contribution in [0.4, 0.5) is 4.39 Å². The Hall–Kier alpha value is -0.830. The van der Waals surface area contributed by atoms with Crippen LogP contribution in [0.25, 0.3) is 10.9 Å². The normalized spacial score (nSPS) is 10.7. The van der Waals surface area contributed by atoms with E-state index in [1.54, 1.807) is 6.07 Å². The number of fused-ring (bicyclic) bond motifs is 1. The summed E-state index contributed by atoms with van der Waals surface area (Å²) in [7, 11) is 0. The van der Waals surface area contributed by atoms with E-state index in [0.717, 1.165) is 15.5 Å². The summed E-state index contributed by atoms with van der Waals surface area (Å²) in [5, 5.41) is 0.886. The second-order valence-electron chi connectivity index (χ2n) is 2.35. The van der Waals surface area contributed by atoms with E-state index in [1.165, 1.54) is 12.1 Å². The van der Waals surface area contributed by atoms with Gasteiger partial charge in [0, 0.05) is 10.9 Å². The van der Waals surface area contributed by atoms with Crippen molar-refractivity contribution < 1.29 is 4.39 Å². The highest BCUT2D eigenvalue weighted by Gasteiger charge is 1.98. The van der Waals surface area contributed by atoms with Crippen LogP contribution >= 0.6 is 15.9 Å². The summed E-state index contributed by atoms with van der Waals surface area (Å²) in [5.74, 6) is -0.205. The van der Waals surface area contributed by atoms with Crippen molar-refractivity contribution in [2.45, 2.75) is 0 Å². The maximum absolute atomic E-state index is 12.6. The highest BCUT2D eigenvalue weighted by atomic mass is 79.9. The molecule has 0 radical (unpaired) electrons. The zero-order valence-electron chi connectivity index (χ0n) is 5.57. The minimum atomic E-state index is -0.205. The Bertz CT molecular complexity index is 394. The summed E-state index contributed by atoms with van der Waals surface area (Å²) in [5.41, 5.74) is 0.943.